The fourth-order valence-corrected chi connectivity index (χ4v) is 3.93. The van der Waals surface area contributed by atoms with Crippen LogP contribution < -0.4 is 9.47 Å². The number of hydrogen-bond donors (Lipinski definition) is 0. The summed E-state index contributed by atoms with van der Waals surface area (Å²) in [6.45, 7) is 7.30. The number of halogens is 3. The molecule has 0 amide bonds. The Hall–Kier alpha value is -3.13. The van der Waals surface area contributed by atoms with Crippen molar-refractivity contribution in [2.45, 2.75) is 39.5 Å². The zero-order chi connectivity index (χ0) is 23.4. The lowest BCUT2D eigenvalue weighted by atomic mass is 10.0. The van der Waals surface area contributed by atoms with E-state index in [0.29, 0.717) is 37.7 Å². The number of hydrogen-bond acceptors (Lipinski definition) is 5. The Morgan fingerprint density at radius 3 is 2.45 bits per heavy atom. The largest absolute Gasteiger partial charge is 0.494 e. The molecule has 0 radical (unpaired) electrons. The Labute approximate surface area is 191 Å². The summed E-state index contributed by atoms with van der Waals surface area (Å²) >= 11 is 0. The lowest BCUT2D eigenvalue weighted by Crippen LogP contribution is -2.31. The van der Waals surface area contributed by atoms with Crippen molar-refractivity contribution in [2.24, 2.45) is 0 Å². The average molecular weight is 457 g/mol. The number of benzene rings is 2. The highest BCUT2D eigenvalue weighted by Crippen LogP contribution is 2.31. The van der Waals surface area contributed by atoms with Crippen LogP contribution in [0.15, 0.2) is 48.7 Å². The van der Waals surface area contributed by atoms with Gasteiger partial charge in [-0.25, -0.2) is 9.97 Å². The van der Waals surface area contributed by atoms with Crippen LogP contribution in [-0.2, 0) is 25.7 Å². The van der Waals surface area contributed by atoms with Crippen LogP contribution in [0.2, 0.25) is 0 Å². The minimum absolute atomic E-state index is 0.443. The fourth-order valence-electron chi connectivity index (χ4n) is 3.93. The number of aromatic nitrogens is 2. The first-order valence-corrected chi connectivity index (χ1v) is 11.0. The molecule has 0 unspecified atom stereocenters. The molecule has 1 aliphatic rings. The van der Waals surface area contributed by atoms with Crippen LogP contribution in [0.25, 0.3) is 11.4 Å². The van der Waals surface area contributed by atoms with Gasteiger partial charge in [0.1, 0.15) is 11.5 Å². The van der Waals surface area contributed by atoms with E-state index in [1.807, 2.05) is 32.0 Å². The van der Waals surface area contributed by atoms with Gasteiger partial charge in [-0.3, -0.25) is 4.90 Å². The first kappa shape index (κ1) is 23.0. The topological polar surface area (TPSA) is 47.5 Å². The molecule has 0 bridgehead atoms. The number of alkyl halides is 3. The third-order valence-corrected chi connectivity index (χ3v) is 5.52. The first-order chi connectivity index (χ1) is 15.9. The molecule has 3 aromatic rings. The quantitative estimate of drug-likeness (QED) is 0.468. The van der Waals surface area contributed by atoms with E-state index in [9.17, 15) is 13.2 Å². The molecule has 1 aliphatic heterocycles. The van der Waals surface area contributed by atoms with Crippen molar-refractivity contribution in [1.82, 2.24) is 14.9 Å². The number of nitrogens with zero attached hydrogens (tertiary/aromatic N) is 3. The van der Waals surface area contributed by atoms with Crippen molar-refractivity contribution >= 4 is 0 Å². The maximum Gasteiger partial charge on any atom is 0.416 e. The van der Waals surface area contributed by atoms with Crippen molar-refractivity contribution in [1.29, 1.82) is 0 Å². The molecule has 0 atom stereocenters. The molecule has 33 heavy (non-hydrogen) atoms. The summed E-state index contributed by atoms with van der Waals surface area (Å²) in [6, 6.07) is 10.8. The SMILES string of the molecule is CCOc1ccc(OCC)c(CN2CCc3nc(-c4ccc(C(F)(F)F)cc4)ncc3C2)c1. The third kappa shape index (κ3) is 5.45. The van der Waals surface area contributed by atoms with Gasteiger partial charge in [-0.15, -0.1) is 0 Å². The number of fused-ring (bicyclic) bond motifs is 1. The molecule has 0 saturated carbocycles. The highest BCUT2D eigenvalue weighted by Gasteiger charge is 2.30. The van der Waals surface area contributed by atoms with Crippen molar-refractivity contribution in [3.05, 3.63) is 71.0 Å². The number of rotatable bonds is 7. The van der Waals surface area contributed by atoms with Gasteiger partial charge in [-0.2, -0.15) is 13.2 Å². The van der Waals surface area contributed by atoms with E-state index in [1.54, 1.807) is 6.20 Å². The predicted molar refractivity (Wildman–Crippen MR) is 119 cm³/mol. The molecule has 2 aromatic carbocycles. The monoisotopic (exact) mass is 457 g/mol. The maximum atomic E-state index is 12.8. The summed E-state index contributed by atoms with van der Waals surface area (Å²) < 4.78 is 49.9. The van der Waals surface area contributed by atoms with Gasteiger partial charge in [0.2, 0.25) is 0 Å². The molecule has 8 heteroatoms. The number of ether oxygens (including phenoxy) is 2. The van der Waals surface area contributed by atoms with Gasteiger partial charge < -0.3 is 9.47 Å². The van der Waals surface area contributed by atoms with Crippen LogP contribution in [0.5, 0.6) is 11.5 Å². The molecule has 1 aromatic heterocycles. The zero-order valence-electron chi connectivity index (χ0n) is 18.7. The van der Waals surface area contributed by atoms with Crippen LogP contribution in [0.1, 0.15) is 36.2 Å². The summed E-state index contributed by atoms with van der Waals surface area (Å²) in [4.78, 5) is 11.4. The minimum atomic E-state index is -4.36. The molecule has 0 N–H and O–H groups in total. The second-order valence-electron chi connectivity index (χ2n) is 7.84. The average Bonchev–Trinajstić information content (AvgIpc) is 2.80. The molecule has 0 aliphatic carbocycles. The highest BCUT2D eigenvalue weighted by atomic mass is 19.4. The van der Waals surface area contributed by atoms with Gasteiger partial charge in [0, 0.05) is 48.9 Å². The van der Waals surface area contributed by atoms with E-state index >= 15 is 0 Å². The van der Waals surface area contributed by atoms with E-state index in [-0.39, 0.29) is 0 Å². The van der Waals surface area contributed by atoms with E-state index in [1.165, 1.54) is 12.1 Å². The fraction of sp³-hybridized carbons (Fsp3) is 0.360. The maximum absolute atomic E-state index is 12.8. The molecule has 0 saturated heterocycles. The van der Waals surface area contributed by atoms with Crippen molar-refractivity contribution in [3.63, 3.8) is 0 Å². The lowest BCUT2D eigenvalue weighted by Gasteiger charge is -2.28. The van der Waals surface area contributed by atoms with E-state index < -0.39 is 11.7 Å². The van der Waals surface area contributed by atoms with Crippen LogP contribution in [-0.4, -0.2) is 34.6 Å². The van der Waals surface area contributed by atoms with Crippen molar-refractivity contribution < 1.29 is 22.6 Å². The van der Waals surface area contributed by atoms with Crippen molar-refractivity contribution in [3.8, 4) is 22.9 Å². The molecule has 0 spiro atoms. The predicted octanol–water partition coefficient (Wildman–Crippen LogP) is 5.52. The van der Waals surface area contributed by atoms with Crippen LogP contribution in [0, 0.1) is 0 Å². The molecule has 4 rings (SSSR count). The van der Waals surface area contributed by atoms with Gasteiger partial charge in [0.15, 0.2) is 5.82 Å². The van der Waals surface area contributed by atoms with Gasteiger partial charge in [-0.05, 0) is 44.2 Å². The van der Waals surface area contributed by atoms with Crippen LogP contribution >= 0.6 is 0 Å². The normalized spacial score (nSPS) is 14.1. The lowest BCUT2D eigenvalue weighted by molar-refractivity contribution is -0.137. The van der Waals surface area contributed by atoms with E-state index in [4.69, 9.17) is 9.47 Å². The molecular formula is C25H26F3N3O2. The molecule has 174 valence electrons. The third-order valence-electron chi connectivity index (χ3n) is 5.52. The van der Waals surface area contributed by atoms with Crippen molar-refractivity contribution in [2.75, 3.05) is 19.8 Å². The molecular weight excluding hydrogens is 431 g/mol. The molecule has 5 nitrogen and oxygen atoms in total. The summed E-state index contributed by atoms with van der Waals surface area (Å²) in [7, 11) is 0. The second kappa shape index (κ2) is 9.79. The van der Waals surface area contributed by atoms with Gasteiger partial charge in [0.05, 0.1) is 24.5 Å². The molecule has 2 heterocycles. The second-order valence-corrected chi connectivity index (χ2v) is 7.84. The van der Waals surface area contributed by atoms with Gasteiger partial charge >= 0.3 is 6.18 Å². The Balaban J connectivity index is 1.49. The summed E-state index contributed by atoms with van der Waals surface area (Å²) in [5.74, 6) is 2.11. The molecule has 0 fully saturated rings. The van der Waals surface area contributed by atoms with Crippen LogP contribution in [0.3, 0.4) is 0 Å². The Kier molecular flexibility index (Phi) is 6.83. The standard InChI is InChI=1S/C25H26F3N3O2/c1-3-32-21-9-10-23(33-4-2)18(13-21)15-31-12-11-22-19(16-31)14-29-24(30-22)17-5-7-20(8-6-17)25(26,27)28/h5-10,13-14H,3-4,11-12,15-16H2,1-2H3. The summed E-state index contributed by atoms with van der Waals surface area (Å²) in [5, 5.41) is 0. The Bertz CT molecular complexity index is 1100. The van der Waals surface area contributed by atoms with E-state index in [2.05, 4.69) is 14.9 Å². The zero-order valence-corrected chi connectivity index (χ0v) is 18.7. The Morgan fingerprint density at radius 1 is 1.00 bits per heavy atom. The summed E-state index contributed by atoms with van der Waals surface area (Å²) in [6.07, 6.45) is -1.84. The van der Waals surface area contributed by atoms with Gasteiger partial charge in [0.25, 0.3) is 0 Å². The van der Waals surface area contributed by atoms with Gasteiger partial charge in [-0.1, -0.05) is 12.1 Å². The first-order valence-electron chi connectivity index (χ1n) is 11.0. The van der Waals surface area contributed by atoms with E-state index in [0.717, 1.165) is 53.4 Å². The highest BCUT2D eigenvalue weighted by molar-refractivity contribution is 5.56. The smallest absolute Gasteiger partial charge is 0.416 e. The minimum Gasteiger partial charge on any atom is -0.494 e. The Morgan fingerprint density at radius 2 is 1.76 bits per heavy atom. The van der Waals surface area contributed by atoms with Crippen LogP contribution in [0.4, 0.5) is 13.2 Å². The summed E-state index contributed by atoms with van der Waals surface area (Å²) in [5.41, 5.74) is 2.91.